The largest absolute Gasteiger partial charge is 0.493 e. The summed E-state index contributed by atoms with van der Waals surface area (Å²) in [5.41, 5.74) is 1.69. The second-order valence-electron chi connectivity index (χ2n) is 6.42. The van der Waals surface area contributed by atoms with Gasteiger partial charge in [-0.1, -0.05) is 40.9 Å². The summed E-state index contributed by atoms with van der Waals surface area (Å²) in [4.78, 5) is 2.16. The Morgan fingerprint density at radius 3 is 2.33 bits per heavy atom. The monoisotopic (exact) mass is 430 g/mol. The van der Waals surface area contributed by atoms with Crippen molar-refractivity contribution in [2.24, 2.45) is 0 Å². The number of nitrogens with one attached hydrogen (secondary N) is 1. The van der Waals surface area contributed by atoms with Crippen LogP contribution < -0.4 is 14.8 Å². The Kier molecular flexibility index (Phi) is 9.00. The Morgan fingerprint density at radius 2 is 1.70 bits per heavy atom. The van der Waals surface area contributed by atoms with Gasteiger partial charge >= 0.3 is 0 Å². The summed E-state index contributed by atoms with van der Waals surface area (Å²) in [5, 5.41) is 5.14. The van der Waals surface area contributed by atoms with Crippen LogP contribution in [-0.2, 0) is 13.2 Å². The summed E-state index contributed by atoms with van der Waals surface area (Å²) < 4.78 is 11.3. The van der Waals surface area contributed by atoms with Crippen LogP contribution >= 0.6 is 34.8 Å². The molecule has 0 aliphatic carbocycles. The summed E-state index contributed by atoms with van der Waals surface area (Å²) in [5.74, 6) is 1.17. The molecule has 4 nitrogen and oxygen atoms in total. The third kappa shape index (κ3) is 6.74. The molecule has 0 saturated carbocycles. The van der Waals surface area contributed by atoms with Crippen molar-refractivity contribution in [3.8, 4) is 11.5 Å². The number of halogens is 3. The second-order valence-corrected chi connectivity index (χ2v) is 7.64. The molecule has 0 aromatic heterocycles. The molecule has 0 saturated heterocycles. The Balaban J connectivity index is 2.02. The minimum atomic E-state index is 0.229. The molecule has 148 valence electrons. The fourth-order valence-corrected chi connectivity index (χ4v) is 3.28. The second kappa shape index (κ2) is 11.0. The Morgan fingerprint density at radius 1 is 1.00 bits per heavy atom. The van der Waals surface area contributed by atoms with Gasteiger partial charge in [0.25, 0.3) is 0 Å². The maximum absolute atomic E-state index is 6.43. The molecule has 2 aromatic rings. The minimum Gasteiger partial charge on any atom is -0.493 e. The van der Waals surface area contributed by atoms with Crippen LogP contribution in [0, 0.1) is 0 Å². The van der Waals surface area contributed by atoms with E-state index >= 15 is 0 Å². The van der Waals surface area contributed by atoms with Crippen molar-refractivity contribution >= 4 is 34.8 Å². The van der Waals surface area contributed by atoms with Crippen LogP contribution in [0.4, 0.5) is 0 Å². The molecule has 0 aliphatic rings. The molecule has 0 aliphatic heterocycles. The average molecular weight is 432 g/mol. The normalized spacial score (nSPS) is 11.1. The van der Waals surface area contributed by atoms with Gasteiger partial charge in [-0.15, -0.1) is 0 Å². The fourth-order valence-electron chi connectivity index (χ4n) is 2.55. The highest BCUT2D eigenvalue weighted by molar-refractivity contribution is 6.36. The number of rotatable bonds is 10. The van der Waals surface area contributed by atoms with Gasteiger partial charge in [0.1, 0.15) is 6.61 Å². The quantitative estimate of drug-likeness (QED) is 0.519. The van der Waals surface area contributed by atoms with Crippen molar-refractivity contribution in [2.45, 2.75) is 19.6 Å². The summed E-state index contributed by atoms with van der Waals surface area (Å²) >= 11 is 18.8. The van der Waals surface area contributed by atoms with E-state index in [-0.39, 0.29) is 6.61 Å². The molecule has 0 spiro atoms. The van der Waals surface area contributed by atoms with Gasteiger partial charge in [0.2, 0.25) is 0 Å². The van der Waals surface area contributed by atoms with E-state index in [4.69, 9.17) is 44.3 Å². The summed E-state index contributed by atoms with van der Waals surface area (Å²) in [6.07, 6.45) is 1.07. The Bertz CT molecular complexity index is 734. The van der Waals surface area contributed by atoms with Crippen molar-refractivity contribution in [3.63, 3.8) is 0 Å². The van der Waals surface area contributed by atoms with E-state index in [1.807, 2.05) is 6.07 Å². The topological polar surface area (TPSA) is 33.7 Å². The van der Waals surface area contributed by atoms with E-state index in [0.717, 1.165) is 30.6 Å². The van der Waals surface area contributed by atoms with Crippen LogP contribution in [-0.4, -0.2) is 39.2 Å². The highest BCUT2D eigenvalue weighted by atomic mass is 35.5. The van der Waals surface area contributed by atoms with Gasteiger partial charge < -0.3 is 19.7 Å². The lowest BCUT2D eigenvalue weighted by molar-refractivity contribution is 0.284. The van der Waals surface area contributed by atoms with E-state index in [1.165, 1.54) is 0 Å². The van der Waals surface area contributed by atoms with Crippen LogP contribution in [0.1, 0.15) is 17.5 Å². The van der Waals surface area contributed by atoms with Gasteiger partial charge in [-0.3, -0.25) is 0 Å². The van der Waals surface area contributed by atoms with Crippen LogP contribution in [0.3, 0.4) is 0 Å². The molecule has 0 heterocycles. The van der Waals surface area contributed by atoms with Gasteiger partial charge in [0, 0.05) is 33.2 Å². The average Bonchev–Trinajstić information content (AvgIpc) is 2.62. The van der Waals surface area contributed by atoms with Gasteiger partial charge in [0.05, 0.1) is 7.11 Å². The van der Waals surface area contributed by atoms with E-state index in [2.05, 4.69) is 24.3 Å². The molecule has 27 heavy (non-hydrogen) atoms. The maximum Gasteiger partial charge on any atom is 0.163 e. The number of hydrogen-bond donors (Lipinski definition) is 1. The lowest BCUT2D eigenvalue weighted by atomic mass is 10.2. The molecule has 0 bridgehead atoms. The number of methoxy groups -OCH3 is 1. The van der Waals surface area contributed by atoms with Crippen LogP contribution in [0.5, 0.6) is 11.5 Å². The zero-order valence-corrected chi connectivity index (χ0v) is 18.1. The first kappa shape index (κ1) is 22.1. The van der Waals surface area contributed by atoms with Gasteiger partial charge in [-0.2, -0.15) is 0 Å². The van der Waals surface area contributed by atoms with Crippen LogP contribution in [0.2, 0.25) is 15.1 Å². The lowest BCUT2D eigenvalue weighted by Crippen LogP contribution is -2.21. The Hall–Kier alpha value is -1.17. The molecule has 0 amide bonds. The van der Waals surface area contributed by atoms with Crippen molar-refractivity contribution in [3.05, 3.63) is 56.5 Å². The SMILES string of the molecule is COc1cc(CNCCCN(C)C)c(Cl)cc1OCc1c(Cl)cccc1Cl. The molecule has 0 radical (unpaired) electrons. The third-order valence-electron chi connectivity index (χ3n) is 4.04. The first-order valence-electron chi connectivity index (χ1n) is 8.70. The fraction of sp³-hybridized carbons (Fsp3) is 0.400. The van der Waals surface area contributed by atoms with Crippen molar-refractivity contribution in [2.75, 3.05) is 34.3 Å². The Labute approximate surface area is 176 Å². The summed E-state index contributed by atoms with van der Waals surface area (Å²) in [6.45, 7) is 2.86. The summed E-state index contributed by atoms with van der Waals surface area (Å²) in [7, 11) is 5.74. The molecule has 1 N–H and O–H groups in total. The smallest absolute Gasteiger partial charge is 0.163 e. The number of hydrogen-bond acceptors (Lipinski definition) is 4. The molecule has 2 aromatic carbocycles. The molecular formula is C20H25Cl3N2O2. The highest BCUT2D eigenvalue weighted by Gasteiger charge is 2.13. The van der Waals surface area contributed by atoms with E-state index in [0.29, 0.717) is 33.1 Å². The van der Waals surface area contributed by atoms with E-state index in [1.54, 1.807) is 31.4 Å². The first-order valence-corrected chi connectivity index (χ1v) is 9.83. The predicted octanol–water partition coefficient (Wildman–Crippen LogP) is 5.28. The van der Waals surface area contributed by atoms with Crippen molar-refractivity contribution < 1.29 is 9.47 Å². The van der Waals surface area contributed by atoms with Crippen molar-refractivity contribution in [1.82, 2.24) is 10.2 Å². The first-order chi connectivity index (χ1) is 12.9. The standard InChI is InChI=1S/C20H25Cl3N2O2/c1-25(2)9-5-8-24-12-14-10-19(26-3)20(11-18(14)23)27-13-15-16(21)6-4-7-17(15)22/h4,6-7,10-11,24H,5,8-9,12-13H2,1-3H3. The van der Waals surface area contributed by atoms with Crippen LogP contribution in [0.15, 0.2) is 30.3 Å². The zero-order valence-electron chi connectivity index (χ0n) is 15.8. The number of nitrogens with zero attached hydrogens (tertiary/aromatic N) is 1. The highest BCUT2D eigenvalue weighted by Crippen LogP contribution is 2.35. The van der Waals surface area contributed by atoms with E-state index in [9.17, 15) is 0 Å². The molecule has 0 fully saturated rings. The van der Waals surface area contributed by atoms with E-state index < -0.39 is 0 Å². The molecule has 2 rings (SSSR count). The lowest BCUT2D eigenvalue weighted by Gasteiger charge is -2.15. The molecular weight excluding hydrogens is 407 g/mol. The van der Waals surface area contributed by atoms with Crippen molar-refractivity contribution in [1.29, 1.82) is 0 Å². The van der Waals surface area contributed by atoms with Gasteiger partial charge in [0.15, 0.2) is 11.5 Å². The minimum absolute atomic E-state index is 0.229. The van der Waals surface area contributed by atoms with Gasteiger partial charge in [-0.05, 0) is 57.4 Å². The van der Waals surface area contributed by atoms with Crippen LogP contribution in [0.25, 0.3) is 0 Å². The molecule has 0 atom stereocenters. The van der Waals surface area contributed by atoms with Gasteiger partial charge in [-0.25, -0.2) is 0 Å². The molecule has 0 unspecified atom stereocenters. The number of ether oxygens (including phenoxy) is 2. The summed E-state index contributed by atoms with van der Waals surface area (Å²) in [6, 6.07) is 9.02. The maximum atomic E-state index is 6.43. The zero-order chi connectivity index (χ0) is 19.8. The molecule has 7 heteroatoms. The predicted molar refractivity (Wildman–Crippen MR) is 114 cm³/mol. The number of benzene rings is 2. The third-order valence-corrected chi connectivity index (χ3v) is 5.10.